The Morgan fingerprint density at radius 3 is 2.60 bits per heavy atom. The van der Waals surface area contributed by atoms with Gasteiger partial charge in [0.15, 0.2) is 0 Å². The van der Waals surface area contributed by atoms with Crippen LogP contribution in [-0.4, -0.2) is 65.3 Å². The van der Waals surface area contributed by atoms with Gasteiger partial charge < -0.3 is 30.6 Å². The predicted molar refractivity (Wildman–Crippen MR) is 158 cm³/mol. The number of rotatable bonds is 11. The standard InChI is InChI=1S/C32H39N5O5/c1-2-42-27-15-9-6-12-22(27)17-34-31(40)26(16-23-18-33-25-14-8-7-13-24(23)25)35-28(38)19-37-20-29(39)36-30(32(37)41)21-10-4-3-5-11-21/h6-9,12-15,18,21,26,30,33H,2-5,10-11,16-17,19-20H2,1H3,(H,34,40)(H,35,38)(H,36,39). The molecule has 10 nitrogen and oxygen atoms in total. The summed E-state index contributed by atoms with van der Waals surface area (Å²) in [7, 11) is 0. The molecule has 222 valence electrons. The van der Waals surface area contributed by atoms with Crippen molar-refractivity contribution in [1.82, 2.24) is 25.8 Å². The van der Waals surface area contributed by atoms with Crippen LogP contribution in [-0.2, 0) is 32.1 Å². The Balaban J connectivity index is 1.29. The van der Waals surface area contributed by atoms with Crippen LogP contribution in [0.15, 0.2) is 54.7 Å². The van der Waals surface area contributed by atoms with Crippen LogP contribution in [0.3, 0.4) is 0 Å². The van der Waals surface area contributed by atoms with E-state index in [4.69, 9.17) is 4.74 Å². The third-order valence-corrected chi connectivity index (χ3v) is 8.16. The van der Waals surface area contributed by atoms with Crippen molar-refractivity contribution in [3.8, 4) is 5.75 Å². The Hall–Kier alpha value is -4.34. The first-order chi connectivity index (χ1) is 20.4. The fourth-order valence-corrected chi connectivity index (χ4v) is 6.04. The molecule has 5 rings (SSSR count). The summed E-state index contributed by atoms with van der Waals surface area (Å²) in [5.74, 6) is -0.577. The van der Waals surface area contributed by atoms with Gasteiger partial charge in [-0.2, -0.15) is 0 Å². The number of nitrogens with one attached hydrogen (secondary N) is 4. The lowest BCUT2D eigenvalue weighted by molar-refractivity contribution is -0.148. The molecule has 2 aromatic carbocycles. The van der Waals surface area contributed by atoms with Crippen molar-refractivity contribution in [2.24, 2.45) is 5.92 Å². The summed E-state index contributed by atoms with van der Waals surface area (Å²) in [6.45, 7) is 2.15. The van der Waals surface area contributed by atoms with Gasteiger partial charge in [0.25, 0.3) is 0 Å². The molecule has 2 atom stereocenters. The highest BCUT2D eigenvalue weighted by Gasteiger charge is 2.39. The van der Waals surface area contributed by atoms with E-state index in [2.05, 4.69) is 20.9 Å². The highest BCUT2D eigenvalue weighted by atomic mass is 16.5. The molecule has 4 N–H and O–H groups in total. The molecule has 0 spiro atoms. The SMILES string of the molecule is CCOc1ccccc1CNC(=O)C(Cc1c[nH]c2ccccc12)NC(=O)CN1CC(=O)NC(C2CCCCC2)C1=O. The monoisotopic (exact) mass is 573 g/mol. The molecule has 2 fully saturated rings. The van der Waals surface area contributed by atoms with Crippen LogP contribution in [0.1, 0.15) is 50.2 Å². The molecule has 0 radical (unpaired) electrons. The number of hydrogen-bond acceptors (Lipinski definition) is 5. The van der Waals surface area contributed by atoms with Gasteiger partial charge in [-0.15, -0.1) is 0 Å². The summed E-state index contributed by atoms with van der Waals surface area (Å²) in [5, 5.41) is 9.61. The molecule has 2 unspecified atom stereocenters. The average Bonchev–Trinajstić information content (AvgIpc) is 3.41. The van der Waals surface area contributed by atoms with Gasteiger partial charge >= 0.3 is 0 Å². The molecule has 2 heterocycles. The first-order valence-corrected chi connectivity index (χ1v) is 14.8. The van der Waals surface area contributed by atoms with Crippen LogP contribution in [0, 0.1) is 5.92 Å². The smallest absolute Gasteiger partial charge is 0.246 e. The highest BCUT2D eigenvalue weighted by molar-refractivity contribution is 5.98. The number of piperazine rings is 1. The molecule has 1 aliphatic carbocycles. The Morgan fingerprint density at radius 2 is 1.79 bits per heavy atom. The Labute approximate surface area is 245 Å². The van der Waals surface area contributed by atoms with Crippen molar-refractivity contribution in [2.75, 3.05) is 19.7 Å². The predicted octanol–water partition coefficient (Wildman–Crippen LogP) is 2.82. The lowest BCUT2D eigenvalue weighted by Gasteiger charge is -2.37. The first kappa shape index (κ1) is 29.2. The van der Waals surface area contributed by atoms with Gasteiger partial charge in [0.1, 0.15) is 30.9 Å². The zero-order valence-corrected chi connectivity index (χ0v) is 24.0. The summed E-state index contributed by atoms with van der Waals surface area (Å²) in [4.78, 5) is 57.2. The average molecular weight is 574 g/mol. The second-order valence-electron chi connectivity index (χ2n) is 11.1. The number of aromatic amines is 1. The number of H-pyrrole nitrogens is 1. The lowest BCUT2D eigenvalue weighted by atomic mass is 9.82. The first-order valence-electron chi connectivity index (χ1n) is 14.8. The van der Waals surface area contributed by atoms with E-state index in [9.17, 15) is 19.2 Å². The fourth-order valence-electron chi connectivity index (χ4n) is 6.04. The van der Waals surface area contributed by atoms with E-state index < -0.39 is 18.0 Å². The summed E-state index contributed by atoms with van der Waals surface area (Å²) in [6, 6.07) is 13.7. The molecule has 10 heteroatoms. The molecule has 3 aromatic rings. The zero-order chi connectivity index (χ0) is 29.5. The molecule has 42 heavy (non-hydrogen) atoms. The molecule has 1 saturated carbocycles. The molecule has 1 saturated heterocycles. The van der Waals surface area contributed by atoms with E-state index in [0.29, 0.717) is 12.4 Å². The maximum atomic E-state index is 13.5. The summed E-state index contributed by atoms with van der Waals surface area (Å²) in [5.41, 5.74) is 2.64. The zero-order valence-electron chi connectivity index (χ0n) is 24.0. The normalized spacial score (nSPS) is 18.4. The number of aromatic nitrogens is 1. The van der Waals surface area contributed by atoms with E-state index in [1.165, 1.54) is 4.90 Å². The largest absolute Gasteiger partial charge is 0.494 e. The van der Waals surface area contributed by atoms with Crippen molar-refractivity contribution in [2.45, 2.75) is 64.1 Å². The second kappa shape index (κ2) is 13.5. The topological polar surface area (TPSA) is 133 Å². The minimum atomic E-state index is -0.904. The van der Waals surface area contributed by atoms with Gasteiger partial charge in [0.05, 0.1) is 6.61 Å². The summed E-state index contributed by atoms with van der Waals surface area (Å²) in [6.07, 6.45) is 7.05. The van der Waals surface area contributed by atoms with E-state index in [-0.39, 0.29) is 49.7 Å². The molecule has 1 aliphatic heterocycles. The minimum absolute atomic E-state index is 0.0843. The van der Waals surface area contributed by atoms with Crippen LogP contribution in [0.25, 0.3) is 10.9 Å². The summed E-state index contributed by atoms with van der Waals surface area (Å²) < 4.78 is 5.69. The molecular weight excluding hydrogens is 534 g/mol. The van der Waals surface area contributed by atoms with E-state index >= 15 is 0 Å². The number of nitrogens with zero attached hydrogens (tertiary/aromatic N) is 1. The van der Waals surface area contributed by atoms with Crippen molar-refractivity contribution in [3.63, 3.8) is 0 Å². The second-order valence-corrected chi connectivity index (χ2v) is 11.1. The van der Waals surface area contributed by atoms with E-state index in [1.807, 2.05) is 61.7 Å². The fraction of sp³-hybridized carbons (Fsp3) is 0.438. The maximum Gasteiger partial charge on any atom is 0.246 e. The van der Waals surface area contributed by atoms with Crippen molar-refractivity contribution in [3.05, 3.63) is 65.9 Å². The van der Waals surface area contributed by atoms with Gasteiger partial charge in [0.2, 0.25) is 23.6 Å². The number of amides is 4. The van der Waals surface area contributed by atoms with Crippen molar-refractivity contribution < 1.29 is 23.9 Å². The van der Waals surface area contributed by atoms with Crippen LogP contribution >= 0.6 is 0 Å². The number of carbonyl (C=O) groups is 4. The number of hydrogen-bond donors (Lipinski definition) is 4. The minimum Gasteiger partial charge on any atom is -0.494 e. The maximum absolute atomic E-state index is 13.5. The molecule has 0 bridgehead atoms. The van der Waals surface area contributed by atoms with E-state index in [1.54, 1.807) is 0 Å². The third-order valence-electron chi connectivity index (χ3n) is 8.16. The number of para-hydroxylation sites is 2. The molecule has 4 amide bonds. The van der Waals surface area contributed by atoms with Gasteiger partial charge in [-0.25, -0.2) is 0 Å². The highest BCUT2D eigenvalue weighted by Crippen LogP contribution is 2.28. The van der Waals surface area contributed by atoms with Crippen molar-refractivity contribution >= 4 is 34.5 Å². The number of ether oxygens (including phenoxy) is 1. The quantitative estimate of drug-likeness (QED) is 0.280. The Morgan fingerprint density at radius 1 is 1.02 bits per heavy atom. The third kappa shape index (κ3) is 6.92. The molecular formula is C32H39N5O5. The van der Waals surface area contributed by atoms with Crippen LogP contribution in [0.5, 0.6) is 5.75 Å². The summed E-state index contributed by atoms with van der Waals surface area (Å²) >= 11 is 0. The molecule has 2 aliphatic rings. The van der Waals surface area contributed by atoms with Gasteiger partial charge in [0, 0.05) is 35.6 Å². The van der Waals surface area contributed by atoms with E-state index in [0.717, 1.165) is 54.1 Å². The van der Waals surface area contributed by atoms with Gasteiger partial charge in [-0.3, -0.25) is 19.2 Å². The van der Waals surface area contributed by atoms with Crippen molar-refractivity contribution in [1.29, 1.82) is 0 Å². The number of carbonyl (C=O) groups excluding carboxylic acids is 4. The van der Waals surface area contributed by atoms with Crippen LogP contribution < -0.4 is 20.7 Å². The lowest BCUT2D eigenvalue weighted by Crippen LogP contribution is -2.62. The molecule has 1 aromatic heterocycles. The van der Waals surface area contributed by atoms with Crippen LogP contribution in [0.4, 0.5) is 0 Å². The number of fused-ring (bicyclic) bond motifs is 1. The Bertz CT molecular complexity index is 1430. The number of benzene rings is 2. The van der Waals surface area contributed by atoms with Gasteiger partial charge in [-0.1, -0.05) is 55.7 Å². The van der Waals surface area contributed by atoms with Crippen LogP contribution in [0.2, 0.25) is 0 Å². The Kier molecular flexibility index (Phi) is 9.41. The van der Waals surface area contributed by atoms with Gasteiger partial charge in [-0.05, 0) is 43.4 Å².